The largest absolute Gasteiger partial charge is 0.394 e. The van der Waals surface area contributed by atoms with Crippen molar-refractivity contribution >= 4 is 5.91 Å². The molecular formula is C56H109NO5. The molecule has 0 aliphatic rings. The van der Waals surface area contributed by atoms with Gasteiger partial charge in [0, 0.05) is 0 Å². The first-order valence-corrected chi connectivity index (χ1v) is 27.7. The van der Waals surface area contributed by atoms with Gasteiger partial charge in [0.25, 0.3) is 0 Å². The quantitative estimate of drug-likeness (QED) is 0.0309. The lowest BCUT2D eigenvalue weighted by atomic mass is 10.00. The number of rotatable bonds is 51. The van der Waals surface area contributed by atoms with Crippen molar-refractivity contribution in [2.75, 3.05) is 6.61 Å². The van der Waals surface area contributed by atoms with E-state index in [1.165, 1.54) is 225 Å². The minimum Gasteiger partial charge on any atom is -0.394 e. The lowest BCUT2D eigenvalue weighted by molar-refractivity contribution is -0.132. The maximum absolute atomic E-state index is 12.6. The van der Waals surface area contributed by atoms with Crippen molar-refractivity contribution in [2.24, 2.45) is 0 Å². The third-order valence-corrected chi connectivity index (χ3v) is 13.1. The van der Waals surface area contributed by atoms with E-state index in [4.69, 9.17) is 0 Å². The number of carbonyl (C=O) groups excluding carboxylic acids is 1. The van der Waals surface area contributed by atoms with Crippen molar-refractivity contribution in [3.05, 3.63) is 24.3 Å². The summed E-state index contributed by atoms with van der Waals surface area (Å²) in [6, 6.07) is -1.00. The highest BCUT2D eigenvalue weighted by Gasteiger charge is 2.28. The smallest absolute Gasteiger partial charge is 0.249 e. The van der Waals surface area contributed by atoms with E-state index in [2.05, 4.69) is 43.5 Å². The number of hydrogen-bond acceptors (Lipinski definition) is 5. The van der Waals surface area contributed by atoms with Gasteiger partial charge >= 0.3 is 0 Å². The van der Waals surface area contributed by atoms with Gasteiger partial charge in [-0.05, 0) is 64.2 Å². The Kier molecular flexibility index (Phi) is 49.8. The molecule has 0 aromatic heterocycles. The predicted octanol–water partition coefficient (Wildman–Crippen LogP) is 15.9. The molecule has 0 aliphatic heterocycles. The van der Waals surface area contributed by atoms with Crippen LogP contribution in [0.1, 0.15) is 296 Å². The summed E-state index contributed by atoms with van der Waals surface area (Å²) in [5.74, 6) is -0.595. The van der Waals surface area contributed by atoms with Gasteiger partial charge in [0.1, 0.15) is 12.2 Å². The summed E-state index contributed by atoms with van der Waals surface area (Å²) in [6.07, 6.45) is 61.1. The van der Waals surface area contributed by atoms with Gasteiger partial charge in [-0.15, -0.1) is 0 Å². The fourth-order valence-electron chi connectivity index (χ4n) is 8.75. The Hall–Kier alpha value is -1.21. The van der Waals surface area contributed by atoms with Gasteiger partial charge in [-0.2, -0.15) is 0 Å². The molecule has 62 heavy (non-hydrogen) atoms. The second kappa shape index (κ2) is 50.8. The number of amides is 1. The van der Waals surface area contributed by atoms with Crippen LogP contribution in [0.25, 0.3) is 0 Å². The molecule has 0 saturated carbocycles. The van der Waals surface area contributed by atoms with Crippen LogP contribution in [0.3, 0.4) is 0 Å². The van der Waals surface area contributed by atoms with Crippen molar-refractivity contribution < 1.29 is 25.2 Å². The van der Waals surface area contributed by atoms with Gasteiger partial charge in [0.2, 0.25) is 5.91 Å². The Bertz CT molecular complexity index is 939. The van der Waals surface area contributed by atoms with Gasteiger partial charge in [-0.3, -0.25) is 4.79 Å². The number of allylic oxidation sites excluding steroid dienone is 4. The van der Waals surface area contributed by atoms with E-state index in [1.54, 1.807) is 0 Å². The molecule has 368 valence electrons. The Morgan fingerprint density at radius 2 is 0.661 bits per heavy atom. The fraction of sp³-hybridized carbons (Fsp3) is 0.911. The number of unbranched alkanes of at least 4 members (excludes halogenated alkanes) is 38. The number of aliphatic hydroxyl groups excluding tert-OH is 4. The molecule has 4 atom stereocenters. The van der Waals surface area contributed by atoms with Crippen molar-refractivity contribution in [1.82, 2.24) is 5.32 Å². The van der Waals surface area contributed by atoms with Crippen LogP contribution >= 0.6 is 0 Å². The highest BCUT2D eigenvalue weighted by atomic mass is 16.3. The number of carbonyl (C=O) groups is 1. The lowest BCUT2D eigenvalue weighted by Gasteiger charge is -2.27. The van der Waals surface area contributed by atoms with Gasteiger partial charge < -0.3 is 25.7 Å². The maximum Gasteiger partial charge on any atom is 0.249 e. The second-order valence-electron chi connectivity index (χ2n) is 19.3. The second-order valence-corrected chi connectivity index (χ2v) is 19.3. The van der Waals surface area contributed by atoms with Gasteiger partial charge in [-0.1, -0.05) is 256 Å². The minimum atomic E-state index is -1.28. The lowest BCUT2D eigenvalue weighted by Crippen LogP contribution is -2.53. The van der Waals surface area contributed by atoms with E-state index in [-0.39, 0.29) is 0 Å². The molecule has 0 aromatic rings. The topological polar surface area (TPSA) is 110 Å². The highest BCUT2D eigenvalue weighted by Crippen LogP contribution is 2.17. The molecule has 0 spiro atoms. The van der Waals surface area contributed by atoms with Crippen LogP contribution in [0.5, 0.6) is 0 Å². The molecule has 0 rings (SSSR count). The van der Waals surface area contributed by atoms with Crippen LogP contribution in [0, 0.1) is 0 Å². The zero-order chi connectivity index (χ0) is 45.2. The summed E-state index contributed by atoms with van der Waals surface area (Å²) < 4.78 is 0. The summed E-state index contributed by atoms with van der Waals surface area (Å²) >= 11 is 0. The number of hydrogen-bond donors (Lipinski definition) is 5. The molecule has 6 heteroatoms. The average molecular weight is 876 g/mol. The first-order valence-electron chi connectivity index (χ1n) is 27.7. The van der Waals surface area contributed by atoms with E-state index < -0.39 is 36.9 Å². The average Bonchev–Trinajstić information content (AvgIpc) is 3.28. The molecule has 0 aliphatic carbocycles. The zero-order valence-corrected chi connectivity index (χ0v) is 41.6. The van der Waals surface area contributed by atoms with E-state index in [1.807, 2.05) is 0 Å². The van der Waals surface area contributed by atoms with Crippen molar-refractivity contribution in [3.8, 4) is 0 Å². The Morgan fingerprint density at radius 3 is 0.968 bits per heavy atom. The van der Waals surface area contributed by atoms with Crippen molar-refractivity contribution in [3.63, 3.8) is 0 Å². The maximum atomic E-state index is 12.6. The minimum absolute atomic E-state index is 0.357. The van der Waals surface area contributed by atoms with Crippen LogP contribution < -0.4 is 5.32 Å². The van der Waals surface area contributed by atoms with E-state index in [9.17, 15) is 25.2 Å². The van der Waals surface area contributed by atoms with E-state index in [0.717, 1.165) is 44.9 Å². The third-order valence-electron chi connectivity index (χ3n) is 13.1. The first kappa shape index (κ1) is 60.8. The molecule has 0 bridgehead atoms. The molecular weight excluding hydrogens is 767 g/mol. The molecule has 0 heterocycles. The predicted molar refractivity (Wildman–Crippen MR) is 270 cm³/mol. The molecule has 0 saturated heterocycles. The van der Waals surface area contributed by atoms with E-state index >= 15 is 0 Å². The number of aliphatic hydroxyl groups is 4. The van der Waals surface area contributed by atoms with E-state index in [0.29, 0.717) is 12.8 Å². The molecule has 6 nitrogen and oxygen atoms in total. The SMILES string of the molecule is CCCCCCCCCC/C=C\CCCCCCCCC(O)C(=O)NC(CO)C(O)C(O)CCC/C=C/CCCCCCCCCCCCCCCCCCCCCCCCC. The molecule has 1 amide bonds. The highest BCUT2D eigenvalue weighted by molar-refractivity contribution is 5.80. The van der Waals surface area contributed by atoms with Crippen LogP contribution in [-0.2, 0) is 4.79 Å². The van der Waals surface area contributed by atoms with Crippen LogP contribution in [0.15, 0.2) is 24.3 Å². The Morgan fingerprint density at radius 1 is 0.387 bits per heavy atom. The molecule has 5 N–H and O–H groups in total. The normalized spacial score (nSPS) is 14.0. The summed E-state index contributed by atoms with van der Waals surface area (Å²) in [6.45, 7) is 4.07. The van der Waals surface area contributed by atoms with Crippen LogP contribution in [0.2, 0.25) is 0 Å². The standard InChI is InChI=1S/C56H109NO5/c1-3-5-7-9-11-13-15-17-19-21-23-24-25-26-27-28-29-30-31-32-34-35-37-39-41-43-45-47-49-53(59)55(61)52(51-58)57-56(62)54(60)50-48-46-44-42-40-38-36-33-22-20-18-16-14-12-10-8-6-4-2/h22,33,41,43,52-55,58-61H,3-21,23-32,34-40,42,44-51H2,1-2H3,(H,57,62)/b33-22-,43-41+. The summed E-state index contributed by atoms with van der Waals surface area (Å²) in [4.78, 5) is 12.6. The Balaban J connectivity index is 3.64. The molecule has 0 aromatic carbocycles. The van der Waals surface area contributed by atoms with Crippen molar-refractivity contribution in [1.29, 1.82) is 0 Å². The summed E-state index contributed by atoms with van der Waals surface area (Å²) in [5.41, 5.74) is 0. The zero-order valence-electron chi connectivity index (χ0n) is 41.6. The number of nitrogens with one attached hydrogen (secondary N) is 1. The van der Waals surface area contributed by atoms with Gasteiger partial charge in [0.15, 0.2) is 0 Å². The first-order chi connectivity index (χ1) is 30.5. The Labute approximate surface area is 386 Å². The van der Waals surface area contributed by atoms with Crippen molar-refractivity contribution in [2.45, 2.75) is 321 Å². The van der Waals surface area contributed by atoms with Crippen LogP contribution in [-0.4, -0.2) is 57.3 Å². The third kappa shape index (κ3) is 44.0. The summed E-state index contributed by atoms with van der Waals surface area (Å²) in [5, 5.41) is 43.9. The molecule has 0 fully saturated rings. The van der Waals surface area contributed by atoms with Crippen LogP contribution in [0.4, 0.5) is 0 Å². The molecule has 4 unspecified atom stereocenters. The van der Waals surface area contributed by atoms with Gasteiger partial charge in [0.05, 0.1) is 18.8 Å². The molecule has 0 radical (unpaired) electrons. The monoisotopic (exact) mass is 876 g/mol. The summed E-state index contributed by atoms with van der Waals surface area (Å²) in [7, 11) is 0. The fourth-order valence-corrected chi connectivity index (χ4v) is 8.75. The van der Waals surface area contributed by atoms with Gasteiger partial charge in [-0.25, -0.2) is 0 Å².